The number of hydrogen-bond donors (Lipinski definition) is 3. The molecule has 3 aromatic rings. The highest BCUT2D eigenvalue weighted by Gasteiger charge is 2.38. The smallest absolute Gasteiger partial charge is 0.242 e. The van der Waals surface area contributed by atoms with Crippen molar-refractivity contribution in [3.63, 3.8) is 0 Å². The second-order valence-electron chi connectivity index (χ2n) is 10.9. The highest BCUT2D eigenvalue weighted by Crippen LogP contribution is 2.32. The number of aromatic nitrogens is 1. The van der Waals surface area contributed by atoms with E-state index in [2.05, 4.69) is 15.6 Å². The zero-order valence-electron chi connectivity index (χ0n) is 23.6. The van der Waals surface area contributed by atoms with E-state index in [0.717, 1.165) is 6.42 Å². The molecule has 5 atom stereocenters. The van der Waals surface area contributed by atoms with Gasteiger partial charge in [0.2, 0.25) is 21.8 Å². The van der Waals surface area contributed by atoms with Crippen molar-refractivity contribution in [2.45, 2.75) is 49.7 Å². The number of pyridine rings is 1. The molecule has 13 heteroatoms. The van der Waals surface area contributed by atoms with Crippen LogP contribution in [0.2, 0.25) is 5.02 Å². The number of sulfonamides is 1. The summed E-state index contributed by atoms with van der Waals surface area (Å²) >= 11 is 5.91. The van der Waals surface area contributed by atoms with Crippen LogP contribution in [0.25, 0.3) is 0 Å². The Labute approximate surface area is 254 Å². The molecule has 4 N–H and O–H groups in total. The van der Waals surface area contributed by atoms with Crippen LogP contribution in [0.5, 0.6) is 5.88 Å². The second-order valence-corrected chi connectivity index (χ2v) is 13.3. The molecule has 2 aliphatic heterocycles. The average Bonchev–Trinajstić information content (AvgIpc) is 3.10. The lowest BCUT2D eigenvalue weighted by Gasteiger charge is -2.37. The Morgan fingerprint density at radius 2 is 2.00 bits per heavy atom. The third kappa shape index (κ3) is 6.99. The molecule has 2 bridgehead atoms. The van der Waals surface area contributed by atoms with E-state index in [4.69, 9.17) is 22.1 Å². The number of methoxy groups -OCH3 is 1. The van der Waals surface area contributed by atoms with Crippen LogP contribution < -0.4 is 21.1 Å². The zero-order valence-corrected chi connectivity index (χ0v) is 25.2. The molecular weight excluding hydrogens is 600 g/mol. The van der Waals surface area contributed by atoms with Crippen LogP contribution >= 0.6 is 11.6 Å². The highest BCUT2D eigenvalue weighted by molar-refractivity contribution is 7.89. The van der Waals surface area contributed by atoms with Crippen LogP contribution in [0, 0.1) is 11.6 Å². The van der Waals surface area contributed by atoms with Gasteiger partial charge in [-0.25, -0.2) is 22.2 Å². The molecule has 1 amide bonds. The van der Waals surface area contributed by atoms with Gasteiger partial charge in [-0.3, -0.25) is 4.79 Å². The van der Waals surface area contributed by atoms with E-state index in [1.807, 2.05) is 0 Å². The molecule has 2 saturated heterocycles. The van der Waals surface area contributed by atoms with Crippen molar-refractivity contribution < 1.29 is 26.7 Å². The van der Waals surface area contributed by atoms with E-state index in [0.29, 0.717) is 37.1 Å². The topological polar surface area (TPSA) is 127 Å². The first-order valence-corrected chi connectivity index (χ1v) is 16.1. The Balaban J connectivity index is 1.38. The van der Waals surface area contributed by atoms with E-state index in [1.54, 1.807) is 28.6 Å². The molecule has 3 heterocycles. The number of nitrogens with zero attached hydrogens (tertiary/aromatic N) is 2. The molecule has 5 rings (SSSR count). The molecule has 0 saturated carbocycles. The zero-order chi connectivity index (χ0) is 30.7. The number of carbonyl (C=O) groups excluding carboxylic acids is 1. The van der Waals surface area contributed by atoms with E-state index >= 15 is 4.39 Å². The van der Waals surface area contributed by atoms with Gasteiger partial charge in [-0.05, 0) is 67.1 Å². The Morgan fingerprint density at radius 1 is 1.21 bits per heavy atom. The van der Waals surface area contributed by atoms with Crippen LogP contribution in [-0.4, -0.2) is 67.7 Å². The van der Waals surface area contributed by atoms with Gasteiger partial charge in [-0.1, -0.05) is 23.7 Å². The fourth-order valence-corrected chi connectivity index (χ4v) is 7.82. The molecule has 2 aliphatic rings. The summed E-state index contributed by atoms with van der Waals surface area (Å²) in [4.78, 5) is 17.7. The number of halogens is 3. The molecule has 0 aliphatic carbocycles. The van der Waals surface area contributed by atoms with Gasteiger partial charge in [0.1, 0.15) is 11.6 Å². The molecule has 43 heavy (non-hydrogen) atoms. The maximum atomic E-state index is 15.2. The number of amides is 1. The summed E-state index contributed by atoms with van der Waals surface area (Å²) in [5.41, 5.74) is 7.96. The Hall–Kier alpha value is -3.16. The number of nitrogens with one attached hydrogen (secondary N) is 2. The molecule has 0 radical (unpaired) electrons. The van der Waals surface area contributed by atoms with Crippen molar-refractivity contribution in [3.8, 4) is 5.88 Å². The summed E-state index contributed by atoms with van der Waals surface area (Å²) in [6.45, 7) is 0.870. The van der Waals surface area contributed by atoms with Gasteiger partial charge in [0.25, 0.3) is 0 Å². The lowest BCUT2D eigenvalue weighted by molar-refractivity contribution is -0.117. The SMILES string of the molecule is COc1cc(C(c2ccc(Cl)c(F)c2)C(N)C(=O)Nc2cccc(F)c2CCC2CNC3CCCS(=O)(=O)N2C3)ccn1. The number of rotatable bonds is 9. The maximum Gasteiger partial charge on any atom is 0.242 e. The van der Waals surface area contributed by atoms with Crippen molar-refractivity contribution in [2.75, 3.05) is 31.3 Å². The van der Waals surface area contributed by atoms with Gasteiger partial charge in [0.05, 0.1) is 23.9 Å². The van der Waals surface area contributed by atoms with E-state index < -0.39 is 39.5 Å². The minimum absolute atomic E-state index is 0.0751. The lowest BCUT2D eigenvalue weighted by atomic mass is 9.85. The number of piperazine rings is 1. The first kappa shape index (κ1) is 31.3. The largest absolute Gasteiger partial charge is 0.481 e. The maximum absolute atomic E-state index is 15.2. The molecule has 5 unspecified atom stereocenters. The molecule has 1 aromatic heterocycles. The predicted molar refractivity (Wildman–Crippen MR) is 161 cm³/mol. The number of fused-ring (bicyclic) bond motifs is 2. The molecule has 9 nitrogen and oxygen atoms in total. The minimum Gasteiger partial charge on any atom is -0.481 e. The molecule has 0 spiro atoms. The van der Waals surface area contributed by atoms with Crippen molar-refractivity contribution in [2.24, 2.45) is 5.73 Å². The lowest BCUT2D eigenvalue weighted by Crippen LogP contribution is -2.57. The van der Waals surface area contributed by atoms with E-state index in [-0.39, 0.29) is 46.4 Å². The predicted octanol–water partition coefficient (Wildman–Crippen LogP) is 3.82. The number of nitrogens with two attached hydrogens (primary N) is 1. The third-order valence-corrected chi connectivity index (χ3v) is 10.4. The quantitative estimate of drug-likeness (QED) is 0.327. The van der Waals surface area contributed by atoms with Gasteiger partial charge in [0, 0.05) is 54.6 Å². The van der Waals surface area contributed by atoms with E-state index in [1.165, 1.54) is 37.6 Å². The summed E-state index contributed by atoms with van der Waals surface area (Å²) in [6.07, 6.45) is 3.44. The van der Waals surface area contributed by atoms with Crippen molar-refractivity contribution in [1.82, 2.24) is 14.6 Å². The Morgan fingerprint density at radius 3 is 2.77 bits per heavy atom. The van der Waals surface area contributed by atoms with Crippen LogP contribution in [0.3, 0.4) is 0 Å². The molecule has 2 aromatic carbocycles. The highest BCUT2D eigenvalue weighted by atomic mass is 35.5. The Bertz CT molecular complexity index is 1590. The standard InChI is InChI=1S/C30H34ClF2N5O4S/c1-42-27-15-19(11-12-35-27)28(18-7-10-23(31)25(33)14-18)29(34)30(39)37-26-6-2-5-24(32)22(26)9-8-21-16-36-20-4-3-13-43(40,41)38(21)17-20/h2,5-7,10-12,14-15,20-21,28-29,36H,3-4,8-9,13,16-17,34H2,1H3,(H,37,39). The van der Waals surface area contributed by atoms with Crippen LogP contribution in [-0.2, 0) is 21.2 Å². The number of ether oxygens (including phenoxy) is 1. The summed E-state index contributed by atoms with van der Waals surface area (Å²) in [7, 11) is -1.95. The van der Waals surface area contributed by atoms with Crippen molar-refractivity contribution >= 4 is 33.2 Å². The number of carbonyl (C=O) groups is 1. The summed E-state index contributed by atoms with van der Waals surface area (Å²) < 4.78 is 62.2. The summed E-state index contributed by atoms with van der Waals surface area (Å²) in [6, 6.07) is 10.4. The first-order valence-electron chi connectivity index (χ1n) is 14.1. The van der Waals surface area contributed by atoms with Gasteiger partial charge in [0.15, 0.2) is 0 Å². The average molecular weight is 634 g/mol. The van der Waals surface area contributed by atoms with Crippen LogP contribution in [0.15, 0.2) is 54.7 Å². The van der Waals surface area contributed by atoms with Crippen molar-refractivity contribution in [1.29, 1.82) is 0 Å². The van der Waals surface area contributed by atoms with Gasteiger partial charge in [-0.2, -0.15) is 4.31 Å². The van der Waals surface area contributed by atoms with Gasteiger partial charge >= 0.3 is 0 Å². The fraction of sp³-hybridized carbons (Fsp3) is 0.400. The minimum atomic E-state index is -3.40. The van der Waals surface area contributed by atoms with E-state index in [9.17, 15) is 17.6 Å². The second kappa shape index (κ2) is 13.2. The molecule has 2 fully saturated rings. The van der Waals surface area contributed by atoms with Crippen LogP contribution in [0.1, 0.15) is 41.9 Å². The first-order chi connectivity index (χ1) is 20.6. The number of benzene rings is 2. The molecular formula is C30H34ClF2N5O4S. The van der Waals surface area contributed by atoms with Crippen LogP contribution in [0.4, 0.5) is 14.5 Å². The van der Waals surface area contributed by atoms with Gasteiger partial charge < -0.3 is 21.1 Å². The molecule has 230 valence electrons. The number of hydrogen-bond acceptors (Lipinski definition) is 7. The third-order valence-electron chi connectivity index (χ3n) is 8.16. The summed E-state index contributed by atoms with van der Waals surface area (Å²) in [5, 5.41) is 6.11. The monoisotopic (exact) mass is 633 g/mol. The Kier molecular flexibility index (Phi) is 9.62. The normalized spacial score (nSPS) is 22.7. The summed E-state index contributed by atoms with van der Waals surface area (Å²) in [5.74, 6) is -2.26. The fourth-order valence-electron chi connectivity index (χ4n) is 5.90. The van der Waals surface area contributed by atoms with Gasteiger partial charge in [-0.15, -0.1) is 0 Å². The number of anilines is 1. The van der Waals surface area contributed by atoms with Crippen molar-refractivity contribution in [3.05, 3.63) is 88.1 Å².